The maximum absolute atomic E-state index is 14.1. The molecule has 0 radical (unpaired) electrons. The fourth-order valence-corrected chi connectivity index (χ4v) is 3.02. The minimum atomic E-state index is -0.698. The molecule has 0 aliphatic carbocycles. The van der Waals surface area contributed by atoms with E-state index < -0.39 is 11.9 Å². The highest BCUT2D eigenvalue weighted by Crippen LogP contribution is 2.24. The maximum Gasteiger partial charge on any atom is 0.284 e. The molecule has 0 saturated heterocycles. The van der Waals surface area contributed by atoms with E-state index in [1.54, 1.807) is 32.0 Å². The number of benzene rings is 1. The molecule has 1 unspecified atom stereocenters. The van der Waals surface area contributed by atoms with Gasteiger partial charge < -0.3 is 0 Å². The number of carbonyl (C=O) groups excluding carboxylic acids is 1. The van der Waals surface area contributed by atoms with E-state index in [1.165, 1.54) is 14.2 Å². The molecule has 1 aromatic carbocycles. The fourth-order valence-electron chi connectivity index (χ4n) is 2.53. The molecule has 1 amide bonds. The zero-order chi connectivity index (χ0) is 18.0. The summed E-state index contributed by atoms with van der Waals surface area (Å²) >= 11 is 12.1. The molecule has 0 saturated carbocycles. The summed E-state index contributed by atoms with van der Waals surface area (Å²) in [4.78, 5) is 17.8. The number of amides is 1. The second-order valence-electron chi connectivity index (χ2n) is 5.48. The van der Waals surface area contributed by atoms with Crippen molar-refractivity contribution in [1.29, 1.82) is 0 Å². The van der Waals surface area contributed by atoms with Gasteiger partial charge in [-0.25, -0.2) is 9.75 Å². The van der Waals surface area contributed by atoms with Crippen LogP contribution in [-0.2, 0) is 18.3 Å². The van der Waals surface area contributed by atoms with E-state index in [0.717, 1.165) is 15.3 Å². The zero-order valence-corrected chi connectivity index (χ0v) is 15.3. The van der Waals surface area contributed by atoms with Crippen molar-refractivity contribution in [2.45, 2.75) is 26.3 Å². The van der Waals surface area contributed by atoms with Crippen molar-refractivity contribution in [3.8, 4) is 0 Å². The van der Waals surface area contributed by atoms with Gasteiger partial charge in [0.05, 0.1) is 18.8 Å². The van der Waals surface area contributed by atoms with Crippen LogP contribution in [0.1, 0.15) is 28.5 Å². The van der Waals surface area contributed by atoms with Crippen LogP contribution in [0.4, 0.5) is 4.39 Å². The summed E-state index contributed by atoms with van der Waals surface area (Å²) in [5, 5.41) is 6.07. The monoisotopic (exact) mass is 373 g/mol. The van der Waals surface area contributed by atoms with Crippen LogP contribution in [0.5, 0.6) is 0 Å². The Hall–Kier alpha value is -1.63. The molecule has 24 heavy (non-hydrogen) atoms. The Morgan fingerprint density at radius 3 is 2.62 bits per heavy atom. The summed E-state index contributed by atoms with van der Waals surface area (Å²) in [6, 6.07) is 4.77. The number of rotatable bonds is 5. The number of hydrogen-bond acceptors (Lipinski definition) is 3. The van der Waals surface area contributed by atoms with Crippen molar-refractivity contribution in [2.24, 2.45) is 7.05 Å². The summed E-state index contributed by atoms with van der Waals surface area (Å²) in [6.45, 7) is 3.36. The predicted octanol–water partition coefficient (Wildman–Crippen LogP) is 3.81. The molecule has 8 heteroatoms. The smallest absolute Gasteiger partial charge is 0.274 e. The van der Waals surface area contributed by atoms with Gasteiger partial charge in [-0.1, -0.05) is 29.3 Å². The van der Waals surface area contributed by atoms with E-state index in [-0.39, 0.29) is 11.6 Å². The Morgan fingerprint density at radius 1 is 1.46 bits per heavy atom. The van der Waals surface area contributed by atoms with Crippen molar-refractivity contribution in [1.82, 2.24) is 14.8 Å². The van der Waals surface area contributed by atoms with Gasteiger partial charge in [-0.2, -0.15) is 9.49 Å². The molecule has 0 spiro atoms. The number of halogens is 3. The van der Waals surface area contributed by atoms with Crippen LogP contribution in [0.2, 0.25) is 10.0 Å². The van der Waals surface area contributed by atoms with Crippen LogP contribution in [0.3, 0.4) is 0 Å². The van der Waals surface area contributed by atoms with Gasteiger partial charge in [0.1, 0.15) is 5.56 Å². The molecule has 0 fully saturated rings. The molecule has 0 aliphatic heterocycles. The van der Waals surface area contributed by atoms with Crippen LogP contribution in [-0.4, -0.2) is 33.9 Å². The third-order valence-corrected chi connectivity index (χ3v) is 4.28. The van der Waals surface area contributed by atoms with Crippen molar-refractivity contribution < 1.29 is 14.0 Å². The summed E-state index contributed by atoms with van der Waals surface area (Å²) in [6.07, 6.45) is 0.427. The summed E-state index contributed by atoms with van der Waals surface area (Å²) in [7, 11) is 2.80. The fraction of sp³-hybridized carbons (Fsp3) is 0.375. The normalized spacial score (nSPS) is 12.3. The number of aromatic nitrogens is 2. The van der Waals surface area contributed by atoms with Gasteiger partial charge in [-0.05, 0) is 38.0 Å². The van der Waals surface area contributed by atoms with Crippen LogP contribution < -0.4 is 0 Å². The topological polar surface area (TPSA) is 47.4 Å². The third-order valence-electron chi connectivity index (χ3n) is 3.69. The third kappa shape index (κ3) is 3.71. The minimum Gasteiger partial charge on any atom is -0.274 e. The molecule has 1 aromatic heterocycles. The van der Waals surface area contributed by atoms with Gasteiger partial charge in [0.25, 0.3) is 5.91 Å². The highest BCUT2D eigenvalue weighted by molar-refractivity contribution is 6.35. The average Bonchev–Trinajstić information content (AvgIpc) is 2.75. The number of hydroxylamine groups is 2. The molecule has 0 bridgehead atoms. The molecule has 1 atom stereocenters. The number of aryl methyl sites for hydroxylation is 2. The lowest BCUT2D eigenvalue weighted by Gasteiger charge is -2.26. The number of hydrogen-bond donors (Lipinski definition) is 0. The average molecular weight is 374 g/mol. The molecule has 0 aliphatic rings. The molecule has 5 nitrogen and oxygen atoms in total. The molecular weight excluding hydrogens is 356 g/mol. The Kier molecular flexibility index (Phi) is 5.85. The van der Waals surface area contributed by atoms with Gasteiger partial charge in [0.2, 0.25) is 5.95 Å². The Bertz CT molecular complexity index is 764. The van der Waals surface area contributed by atoms with Crippen LogP contribution in [0.25, 0.3) is 0 Å². The second-order valence-corrected chi connectivity index (χ2v) is 6.32. The van der Waals surface area contributed by atoms with E-state index in [9.17, 15) is 9.18 Å². The van der Waals surface area contributed by atoms with Gasteiger partial charge in [0.15, 0.2) is 0 Å². The van der Waals surface area contributed by atoms with Gasteiger partial charge in [-0.3, -0.25) is 9.63 Å². The van der Waals surface area contributed by atoms with Crippen LogP contribution in [0, 0.1) is 12.9 Å². The van der Waals surface area contributed by atoms with E-state index in [2.05, 4.69) is 5.10 Å². The summed E-state index contributed by atoms with van der Waals surface area (Å²) in [5.41, 5.74) is 1.01. The van der Waals surface area contributed by atoms with E-state index in [1.807, 2.05) is 0 Å². The molecule has 2 rings (SSSR count). The highest BCUT2D eigenvalue weighted by Gasteiger charge is 2.29. The minimum absolute atomic E-state index is 0.103. The van der Waals surface area contributed by atoms with Crippen molar-refractivity contribution in [3.05, 3.63) is 51.0 Å². The van der Waals surface area contributed by atoms with Crippen molar-refractivity contribution >= 4 is 29.1 Å². The molecule has 2 aromatic rings. The van der Waals surface area contributed by atoms with Gasteiger partial charge in [-0.15, -0.1) is 0 Å². The Balaban J connectivity index is 2.25. The Morgan fingerprint density at radius 2 is 2.12 bits per heavy atom. The summed E-state index contributed by atoms with van der Waals surface area (Å²) in [5.74, 6) is -1.28. The molecule has 0 N–H and O–H groups in total. The molecular formula is C16H18Cl2FN3O2. The first-order valence-corrected chi connectivity index (χ1v) is 8.02. The van der Waals surface area contributed by atoms with Crippen molar-refractivity contribution in [2.75, 3.05) is 7.11 Å². The van der Waals surface area contributed by atoms with Gasteiger partial charge in [0, 0.05) is 17.1 Å². The Labute approximate surface area is 149 Å². The van der Waals surface area contributed by atoms with E-state index >= 15 is 0 Å². The number of nitrogens with zero attached hydrogens (tertiary/aromatic N) is 3. The second kappa shape index (κ2) is 7.51. The predicted molar refractivity (Wildman–Crippen MR) is 90.7 cm³/mol. The first kappa shape index (κ1) is 18.7. The maximum atomic E-state index is 14.1. The van der Waals surface area contributed by atoms with Crippen LogP contribution >= 0.6 is 23.2 Å². The lowest BCUT2D eigenvalue weighted by molar-refractivity contribution is -0.119. The largest absolute Gasteiger partial charge is 0.284 e. The van der Waals surface area contributed by atoms with Crippen molar-refractivity contribution in [3.63, 3.8) is 0 Å². The highest BCUT2D eigenvalue weighted by atomic mass is 35.5. The lowest BCUT2D eigenvalue weighted by atomic mass is 10.1. The first-order valence-electron chi connectivity index (χ1n) is 7.27. The molecule has 130 valence electrons. The van der Waals surface area contributed by atoms with E-state index in [4.69, 9.17) is 28.0 Å². The SMILES string of the molecule is CON(C(=O)c1c(C)nn(C)c1F)C(C)Cc1ccc(Cl)cc1Cl. The standard InChI is InChI=1S/C16H18Cl2FN3O2/c1-9(7-11-5-6-12(17)8-13(11)18)22(24-4)16(23)14-10(2)20-21(3)15(14)19/h5-6,8-9H,7H2,1-4H3. The quantitative estimate of drug-likeness (QED) is 0.748. The lowest BCUT2D eigenvalue weighted by Crippen LogP contribution is -2.39. The van der Waals surface area contributed by atoms with Gasteiger partial charge >= 0.3 is 0 Å². The first-order chi connectivity index (χ1) is 11.3. The van der Waals surface area contributed by atoms with E-state index in [0.29, 0.717) is 22.2 Å². The molecule has 1 heterocycles. The zero-order valence-electron chi connectivity index (χ0n) is 13.8. The van der Waals surface area contributed by atoms with Crippen LogP contribution in [0.15, 0.2) is 18.2 Å². The number of carbonyl (C=O) groups is 1. The summed E-state index contributed by atoms with van der Waals surface area (Å²) < 4.78 is 15.2.